The van der Waals surface area contributed by atoms with Gasteiger partial charge < -0.3 is 0 Å². The summed E-state index contributed by atoms with van der Waals surface area (Å²) in [5.41, 5.74) is 0. The largest absolute Gasteiger partial charge is 1.00 e. The second kappa shape index (κ2) is 8.95. The monoisotopic (exact) mass is 117 g/mol. The third kappa shape index (κ3) is 15.1. The molecule has 0 aliphatic carbocycles. The van der Waals surface area contributed by atoms with Crippen molar-refractivity contribution in [2.24, 2.45) is 0 Å². The van der Waals surface area contributed by atoms with Crippen molar-refractivity contribution in [3.8, 4) is 11.8 Å². The molecule has 0 rings (SSSR count). The molecule has 0 radical (unpaired) electrons. The van der Waals surface area contributed by atoms with E-state index in [1.54, 1.807) is 0 Å². The Balaban J connectivity index is 0. The van der Waals surface area contributed by atoms with Gasteiger partial charge in [-0.3, -0.25) is 0 Å². The molecule has 0 aliphatic rings. The minimum Gasteiger partial charge on any atom is -0.107 e. The third-order valence-electron chi connectivity index (χ3n) is 0.250. The van der Waals surface area contributed by atoms with Gasteiger partial charge in [-0.05, 0) is 13.8 Å². The van der Waals surface area contributed by atoms with E-state index in [2.05, 4.69) is 11.8 Å². The summed E-state index contributed by atoms with van der Waals surface area (Å²) < 4.78 is 0. The van der Waals surface area contributed by atoms with Crippen LogP contribution >= 0.6 is 0 Å². The number of rotatable bonds is 0. The Morgan fingerprint density at radius 1 is 1.00 bits per heavy atom. The molecule has 0 aliphatic heterocycles. The average molecular weight is 118 g/mol. The third-order valence-corrected chi connectivity index (χ3v) is 0.250. The van der Waals surface area contributed by atoms with Gasteiger partial charge in [0.2, 0.25) is 0 Å². The molecule has 0 fully saturated rings. The van der Waals surface area contributed by atoms with Crippen molar-refractivity contribution in [3.63, 3.8) is 0 Å². The molecule has 32 valence electrons. The van der Waals surface area contributed by atoms with E-state index in [0.29, 0.717) is 0 Å². The first kappa shape index (κ1) is 8.91. The first-order chi connectivity index (χ1) is 1.91. The van der Waals surface area contributed by atoms with Gasteiger partial charge in [0, 0.05) is 0 Å². The molecule has 0 amide bonds. The Kier molecular flexibility index (Phi) is 15.9. The summed E-state index contributed by atoms with van der Waals surface area (Å²) in [7, 11) is 0. The van der Waals surface area contributed by atoms with Crippen LogP contribution in [0.25, 0.3) is 0 Å². The van der Waals surface area contributed by atoms with Gasteiger partial charge in [-0.15, -0.1) is 11.8 Å². The van der Waals surface area contributed by atoms with Crippen LogP contribution in [0.15, 0.2) is 0 Å². The van der Waals surface area contributed by atoms with Gasteiger partial charge in [-0.2, -0.15) is 0 Å². The van der Waals surface area contributed by atoms with Gasteiger partial charge in [0.1, 0.15) is 0 Å². The van der Waals surface area contributed by atoms with Crippen LogP contribution in [0.5, 0.6) is 0 Å². The molecule has 0 spiro atoms. The molecule has 0 unspecified atom stereocenters. The zero-order valence-corrected chi connectivity index (χ0v) is 4.24. The van der Waals surface area contributed by atoms with Gasteiger partial charge in [-0.1, -0.05) is 0 Å². The summed E-state index contributed by atoms with van der Waals surface area (Å²) in [6.07, 6.45) is 0. The molecular weight excluding hydrogens is 112 g/mol. The smallest absolute Gasteiger partial charge is 0.107 e. The fraction of sp³-hybridized carbons (Fsp3) is 0.500. The molecule has 0 nitrogen and oxygen atoms in total. The molecular formula is C4H6Cu+. The molecule has 0 N–H and O–H groups in total. The van der Waals surface area contributed by atoms with Crippen LogP contribution in [-0.4, -0.2) is 0 Å². The van der Waals surface area contributed by atoms with Crippen molar-refractivity contribution in [1.29, 1.82) is 0 Å². The average Bonchev–Trinajstić information content (AvgIpc) is 1.37. The topological polar surface area (TPSA) is 0 Å². The van der Waals surface area contributed by atoms with E-state index in [-0.39, 0.29) is 17.1 Å². The van der Waals surface area contributed by atoms with Gasteiger partial charge in [0.15, 0.2) is 0 Å². The van der Waals surface area contributed by atoms with E-state index < -0.39 is 0 Å². The molecule has 0 saturated carbocycles. The Morgan fingerprint density at radius 3 is 1.20 bits per heavy atom. The van der Waals surface area contributed by atoms with Crippen molar-refractivity contribution in [1.82, 2.24) is 0 Å². The summed E-state index contributed by atoms with van der Waals surface area (Å²) in [6.45, 7) is 3.64. The van der Waals surface area contributed by atoms with Gasteiger partial charge in [0.25, 0.3) is 0 Å². The maximum absolute atomic E-state index is 2.68. The normalized spacial score (nSPS) is 2.80. The molecule has 0 aromatic rings. The van der Waals surface area contributed by atoms with Crippen molar-refractivity contribution in [2.45, 2.75) is 13.8 Å². The van der Waals surface area contributed by atoms with E-state index in [4.69, 9.17) is 0 Å². The summed E-state index contributed by atoms with van der Waals surface area (Å²) in [5.74, 6) is 5.36. The van der Waals surface area contributed by atoms with Crippen molar-refractivity contribution in [2.75, 3.05) is 0 Å². The van der Waals surface area contributed by atoms with Crippen LogP contribution in [0.4, 0.5) is 0 Å². The fourth-order valence-electron chi connectivity index (χ4n) is 0. The van der Waals surface area contributed by atoms with Crippen LogP contribution in [0.1, 0.15) is 13.8 Å². The molecule has 1 heteroatoms. The van der Waals surface area contributed by atoms with Crippen LogP contribution in [0.2, 0.25) is 0 Å². The number of hydrogen-bond acceptors (Lipinski definition) is 0. The summed E-state index contributed by atoms with van der Waals surface area (Å²) in [4.78, 5) is 0. The van der Waals surface area contributed by atoms with E-state index >= 15 is 0 Å². The van der Waals surface area contributed by atoms with Crippen molar-refractivity contribution < 1.29 is 17.1 Å². The maximum Gasteiger partial charge on any atom is 1.00 e. The predicted octanol–water partition coefficient (Wildman–Crippen LogP) is 1.03. The molecule has 0 saturated heterocycles. The first-order valence-corrected chi connectivity index (χ1v) is 1.25. The van der Waals surface area contributed by atoms with E-state index in [9.17, 15) is 0 Å². The minimum absolute atomic E-state index is 0. The second-order valence-electron chi connectivity index (χ2n) is 0.500. The Hall–Kier alpha value is 0.0795. The second-order valence-corrected chi connectivity index (χ2v) is 0.500. The van der Waals surface area contributed by atoms with Crippen LogP contribution in [0.3, 0.4) is 0 Å². The zero-order valence-electron chi connectivity index (χ0n) is 3.30. The Labute approximate surface area is 43.4 Å². The summed E-state index contributed by atoms with van der Waals surface area (Å²) in [6, 6.07) is 0. The number of hydrogen-bond donors (Lipinski definition) is 0. The molecule has 0 aromatic carbocycles. The maximum atomic E-state index is 2.68. The van der Waals surface area contributed by atoms with E-state index in [0.717, 1.165) is 0 Å². The first-order valence-electron chi connectivity index (χ1n) is 1.25. The SMILES string of the molecule is CC#CC.[Cu+]. The van der Waals surface area contributed by atoms with Crippen molar-refractivity contribution >= 4 is 0 Å². The van der Waals surface area contributed by atoms with E-state index in [1.165, 1.54) is 0 Å². The fourth-order valence-corrected chi connectivity index (χ4v) is 0. The minimum atomic E-state index is 0. The zero-order chi connectivity index (χ0) is 3.41. The molecule has 0 atom stereocenters. The summed E-state index contributed by atoms with van der Waals surface area (Å²) in [5, 5.41) is 0. The Morgan fingerprint density at radius 2 is 1.20 bits per heavy atom. The van der Waals surface area contributed by atoms with Crippen LogP contribution in [-0.2, 0) is 17.1 Å². The van der Waals surface area contributed by atoms with Gasteiger partial charge in [0.05, 0.1) is 0 Å². The molecule has 0 bridgehead atoms. The quantitative estimate of drug-likeness (QED) is 0.329. The van der Waals surface area contributed by atoms with Crippen LogP contribution < -0.4 is 0 Å². The van der Waals surface area contributed by atoms with Gasteiger partial charge in [-0.25, -0.2) is 0 Å². The Bertz CT molecular complexity index is 40.4. The molecule has 5 heavy (non-hydrogen) atoms. The standard InChI is InChI=1S/C4H6.Cu/c1-3-4-2;/h1-2H3;/q;+1. The molecule has 0 aromatic heterocycles. The van der Waals surface area contributed by atoms with Gasteiger partial charge >= 0.3 is 17.1 Å². The predicted molar refractivity (Wildman–Crippen MR) is 19.1 cm³/mol. The van der Waals surface area contributed by atoms with Crippen LogP contribution in [0, 0.1) is 11.8 Å². The molecule has 0 heterocycles. The van der Waals surface area contributed by atoms with Crippen molar-refractivity contribution in [3.05, 3.63) is 0 Å². The van der Waals surface area contributed by atoms with E-state index in [1.807, 2.05) is 13.8 Å². The summed E-state index contributed by atoms with van der Waals surface area (Å²) >= 11 is 0.